The van der Waals surface area contributed by atoms with Crippen LogP contribution in [-0.4, -0.2) is 4.98 Å². The van der Waals surface area contributed by atoms with Gasteiger partial charge >= 0.3 is 0 Å². The SMILES string of the molecule is CC(C)=CCCC(C)/C=C/c1ccc(=O)[nH]c1. The fraction of sp³-hybridized carbons (Fsp3) is 0.400. The third kappa shape index (κ3) is 5.91. The molecule has 0 saturated carbocycles. The second kappa shape index (κ2) is 6.89. The number of aromatic nitrogens is 1. The molecule has 2 heteroatoms. The zero-order chi connectivity index (χ0) is 12.7. The van der Waals surface area contributed by atoms with Gasteiger partial charge < -0.3 is 4.98 Å². The highest BCUT2D eigenvalue weighted by atomic mass is 16.1. The van der Waals surface area contributed by atoms with Gasteiger partial charge in [-0.25, -0.2) is 0 Å². The first kappa shape index (κ1) is 13.5. The van der Waals surface area contributed by atoms with Gasteiger partial charge in [0, 0.05) is 12.3 Å². The summed E-state index contributed by atoms with van der Waals surface area (Å²) in [7, 11) is 0. The zero-order valence-electron chi connectivity index (χ0n) is 10.9. The molecule has 92 valence electrons. The minimum atomic E-state index is -0.0567. The third-order valence-corrected chi connectivity index (χ3v) is 2.60. The predicted molar refractivity (Wildman–Crippen MR) is 73.9 cm³/mol. The monoisotopic (exact) mass is 231 g/mol. The van der Waals surface area contributed by atoms with E-state index in [1.54, 1.807) is 12.3 Å². The van der Waals surface area contributed by atoms with Gasteiger partial charge in [0.25, 0.3) is 0 Å². The van der Waals surface area contributed by atoms with E-state index in [1.165, 1.54) is 5.57 Å². The summed E-state index contributed by atoms with van der Waals surface area (Å²) in [5, 5.41) is 0. The van der Waals surface area contributed by atoms with Crippen molar-refractivity contribution in [3.05, 3.63) is 52.0 Å². The molecule has 0 spiro atoms. The number of pyridine rings is 1. The Morgan fingerprint density at radius 1 is 1.41 bits per heavy atom. The summed E-state index contributed by atoms with van der Waals surface area (Å²) in [6.45, 7) is 6.46. The quantitative estimate of drug-likeness (QED) is 0.769. The van der Waals surface area contributed by atoms with E-state index in [2.05, 4.69) is 44.0 Å². The molecule has 1 aromatic rings. The maximum atomic E-state index is 10.9. The first-order chi connectivity index (χ1) is 8.08. The van der Waals surface area contributed by atoms with Crippen LogP contribution in [-0.2, 0) is 0 Å². The molecule has 0 amide bonds. The Labute approximate surface area is 103 Å². The normalized spacial score (nSPS) is 12.6. The van der Waals surface area contributed by atoms with Crippen molar-refractivity contribution in [3.8, 4) is 0 Å². The molecular weight excluding hydrogens is 210 g/mol. The second-order valence-electron chi connectivity index (χ2n) is 4.68. The topological polar surface area (TPSA) is 32.9 Å². The van der Waals surface area contributed by atoms with E-state index < -0.39 is 0 Å². The van der Waals surface area contributed by atoms with Gasteiger partial charge in [-0.05, 0) is 44.2 Å². The number of allylic oxidation sites excluding steroid dienone is 3. The van der Waals surface area contributed by atoms with E-state index in [0.717, 1.165) is 18.4 Å². The smallest absolute Gasteiger partial charge is 0.247 e. The highest BCUT2D eigenvalue weighted by molar-refractivity contribution is 5.47. The average Bonchev–Trinajstić information content (AvgIpc) is 2.28. The van der Waals surface area contributed by atoms with Gasteiger partial charge in [-0.3, -0.25) is 4.79 Å². The highest BCUT2D eigenvalue weighted by Crippen LogP contribution is 2.11. The van der Waals surface area contributed by atoms with Crippen molar-refractivity contribution >= 4 is 6.08 Å². The summed E-state index contributed by atoms with van der Waals surface area (Å²) in [4.78, 5) is 13.5. The Morgan fingerprint density at radius 2 is 2.18 bits per heavy atom. The minimum absolute atomic E-state index is 0.0567. The Balaban J connectivity index is 2.45. The Kier molecular flexibility index (Phi) is 5.47. The first-order valence-electron chi connectivity index (χ1n) is 6.08. The molecule has 1 atom stereocenters. The van der Waals surface area contributed by atoms with Crippen LogP contribution in [0.15, 0.2) is 40.8 Å². The fourth-order valence-corrected chi connectivity index (χ4v) is 1.53. The van der Waals surface area contributed by atoms with E-state index in [1.807, 2.05) is 6.07 Å². The standard InChI is InChI=1S/C15H21NO/c1-12(2)5-4-6-13(3)7-8-14-9-10-15(17)16-11-14/h5,7-11,13H,4,6H2,1-3H3,(H,16,17)/b8-7+. The average molecular weight is 231 g/mol. The van der Waals surface area contributed by atoms with Gasteiger partial charge in [-0.1, -0.05) is 30.7 Å². The van der Waals surface area contributed by atoms with Crippen molar-refractivity contribution in [3.63, 3.8) is 0 Å². The molecule has 0 aliphatic rings. The minimum Gasteiger partial charge on any atom is -0.329 e. The molecule has 0 saturated heterocycles. The van der Waals surface area contributed by atoms with E-state index in [0.29, 0.717) is 5.92 Å². The molecule has 17 heavy (non-hydrogen) atoms. The molecule has 0 radical (unpaired) electrons. The van der Waals surface area contributed by atoms with Crippen LogP contribution in [0.3, 0.4) is 0 Å². The van der Waals surface area contributed by atoms with Crippen LogP contribution < -0.4 is 5.56 Å². The van der Waals surface area contributed by atoms with Gasteiger partial charge in [0.2, 0.25) is 5.56 Å². The van der Waals surface area contributed by atoms with Crippen LogP contribution >= 0.6 is 0 Å². The van der Waals surface area contributed by atoms with Gasteiger partial charge in [-0.2, -0.15) is 0 Å². The molecule has 1 aromatic heterocycles. The molecule has 2 nitrogen and oxygen atoms in total. The lowest BCUT2D eigenvalue weighted by atomic mass is 10.0. The van der Waals surface area contributed by atoms with Crippen LogP contribution in [0, 0.1) is 5.92 Å². The Bertz CT molecular complexity index is 430. The summed E-state index contributed by atoms with van der Waals surface area (Å²) < 4.78 is 0. The van der Waals surface area contributed by atoms with E-state index in [9.17, 15) is 4.79 Å². The molecule has 1 unspecified atom stereocenters. The van der Waals surface area contributed by atoms with Gasteiger partial charge in [0.15, 0.2) is 0 Å². The van der Waals surface area contributed by atoms with Gasteiger partial charge in [0.05, 0.1) is 0 Å². The molecular formula is C15H21NO. The predicted octanol–water partition coefficient (Wildman–Crippen LogP) is 3.77. The van der Waals surface area contributed by atoms with Crippen molar-refractivity contribution in [2.75, 3.05) is 0 Å². The number of aromatic amines is 1. The molecule has 1 N–H and O–H groups in total. The summed E-state index contributed by atoms with van der Waals surface area (Å²) in [6, 6.07) is 3.38. The lowest BCUT2D eigenvalue weighted by molar-refractivity contribution is 0.659. The number of nitrogens with one attached hydrogen (secondary N) is 1. The van der Waals surface area contributed by atoms with Crippen molar-refractivity contribution < 1.29 is 0 Å². The maximum Gasteiger partial charge on any atom is 0.247 e. The summed E-state index contributed by atoms with van der Waals surface area (Å²) in [6.07, 6.45) is 10.5. The Hall–Kier alpha value is -1.57. The van der Waals surface area contributed by atoms with Crippen LogP contribution in [0.5, 0.6) is 0 Å². The van der Waals surface area contributed by atoms with Crippen LogP contribution in [0.1, 0.15) is 39.2 Å². The molecule has 1 heterocycles. The van der Waals surface area contributed by atoms with Gasteiger partial charge in [-0.15, -0.1) is 0 Å². The van der Waals surface area contributed by atoms with Gasteiger partial charge in [0.1, 0.15) is 0 Å². The largest absolute Gasteiger partial charge is 0.329 e. The molecule has 0 fully saturated rings. The number of hydrogen-bond donors (Lipinski definition) is 1. The van der Waals surface area contributed by atoms with E-state index >= 15 is 0 Å². The molecule has 0 aliphatic carbocycles. The molecule has 0 bridgehead atoms. The molecule has 0 aliphatic heterocycles. The van der Waals surface area contributed by atoms with E-state index in [-0.39, 0.29) is 5.56 Å². The summed E-state index contributed by atoms with van der Waals surface area (Å²) in [5.41, 5.74) is 2.36. The highest BCUT2D eigenvalue weighted by Gasteiger charge is 1.95. The first-order valence-corrected chi connectivity index (χ1v) is 6.08. The van der Waals surface area contributed by atoms with Crippen molar-refractivity contribution in [2.24, 2.45) is 5.92 Å². The Morgan fingerprint density at radius 3 is 2.76 bits per heavy atom. The maximum absolute atomic E-state index is 10.9. The molecule has 0 aromatic carbocycles. The lowest BCUT2D eigenvalue weighted by Gasteiger charge is -2.03. The summed E-state index contributed by atoms with van der Waals surface area (Å²) >= 11 is 0. The third-order valence-electron chi connectivity index (χ3n) is 2.60. The summed E-state index contributed by atoms with van der Waals surface area (Å²) in [5.74, 6) is 0.553. The lowest BCUT2D eigenvalue weighted by Crippen LogP contribution is -2.01. The van der Waals surface area contributed by atoms with Crippen molar-refractivity contribution in [1.29, 1.82) is 0 Å². The van der Waals surface area contributed by atoms with Crippen LogP contribution in [0.2, 0.25) is 0 Å². The second-order valence-corrected chi connectivity index (χ2v) is 4.68. The zero-order valence-corrected chi connectivity index (χ0v) is 10.9. The number of hydrogen-bond acceptors (Lipinski definition) is 1. The van der Waals surface area contributed by atoms with Crippen molar-refractivity contribution in [1.82, 2.24) is 4.98 Å². The van der Waals surface area contributed by atoms with Crippen LogP contribution in [0.25, 0.3) is 6.08 Å². The molecule has 1 rings (SSSR count). The fourth-order valence-electron chi connectivity index (χ4n) is 1.53. The van der Waals surface area contributed by atoms with Crippen molar-refractivity contribution in [2.45, 2.75) is 33.6 Å². The number of rotatable bonds is 5. The van der Waals surface area contributed by atoms with Crippen LogP contribution in [0.4, 0.5) is 0 Å². The van der Waals surface area contributed by atoms with E-state index in [4.69, 9.17) is 0 Å². The number of H-pyrrole nitrogens is 1.